The molecule has 0 spiro atoms. The van der Waals surface area contributed by atoms with Gasteiger partial charge < -0.3 is 11.5 Å². The zero-order valence-electron chi connectivity index (χ0n) is 7.28. The molecule has 1 aromatic rings. The maximum absolute atomic E-state index is 13.0. The van der Waals surface area contributed by atoms with Crippen molar-refractivity contribution in [3.63, 3.8) is 0 Å². The molecule has 0 aromatic heterocycles. The van der Waals surface area contributed by atoms with Crippen molar-refractivity contribution in [3.05, 3.63) is 28.5 Å². The maximum Gasteiger partial charge on any atom is 0.407 e. The predicted octanol–water partition coefficient (Wildman–Crippen LogP) is 2.62. The average Bonchev–Trinajstić information content (AvgIpc) is 2.08. The van der Waals surface area contributed by atoms with E-state index in [1.54, 1.807) is 0 Å². The van der Waals surface area contributed by atoms with E-state index in [2.05, 4.69) is 0 Å². The summed E-state index contributed by atoms with van der Waals surface area (Å²) >= 11 is 5.40. The molecule has 0 aliphatic heterocycles. The van der Waals surface area contributed by atoms with Crippen LogP contribution >= 0.6 is 11.6 Å². The van der Waals surface area contributed by atoms with Crippen molar-refractivity contribution in [2.24, 2.45) is 5.73 Å². The molecule has 15 heavy (non-hydrogen) atoms. The van der Waals surface area contributed by atoms with Crippen molar-refractivity contribution in [2.75, 3.05) is 5.73 Å². The van der Waals surface area contributed by atoms with Gasteiger partial charge in [0.15, 0.2) is 0 Å². The van der Waals surface area contributed by atoms with Crippen LogP contribution in [0.2, 0.25) is 5.02 Å². The fourth-order valence-corrected chi connectivity index (χ4v) is 1.25. The Morgan fingerprint density at radius 3 is 2.27 bits per heavy atom. The van der Waals surface area contributed by atoms with Crippen LogP contribution in [0.4, 0.5) is 23.2 Å². The van der Waals surface area contributed by atoms with Crippen LogP contribution in [0.1, 0.15) is 11.6 Å². The number of rotatable bonds is 1. The van der Waals surface area contributed by atoms with Crippen LogP contribution in [-0.2, 0) is 0 Å². The topological polar surface area (TPSA) is 52.0 Å². The Morgan fingerprint density at radius 1 is 1.27 bits per heavy atom. The molecule has 0 saturated heterocycles. The third-order valence-electron chi connectivity index (χ3n) is 1.81. The fraction of sp³-hybridized carbons (Fsp3) is 0.250. The lowest BCUT2D eigenvalue weighted by atomic mass is 10.0. The minimum atomic E-state index is -4.69. The van der Waals surface area contributed by atoms with Gasteiger partial charge >= 0.3 is 6.18 Å². The number of benzene rings is 1. The monoisotopic (exact) mass is 242 g/mol. The molecule has 1 aromatic carbocycles. The lowest BCUT2D eigenvalue weighted by Crippen LogP contribution is -2.29. The van der Waals surface area contributed by atoms with Gasteiger partial charge in [-0.15, -0.1) is 0 Å². The first-order valence-electron chi connectivity index (χ1n) is 3.80. The Kier molecular flexibility index (Phi) is 3.11. The standard InChI is InChI=1S/C8H7ClF4N2/c9-3-1-4(6(14)5(10)2-3)7(15)8(11,12)13/h1-2,7H,14-15H2/t7-/m0/s1. The second-order valence-corrected chi connectivity index (χ2v) is 3.35. The van der Waals surface area contributed by atoms with Gasteiger partial charge in [0.25, 0.3) is 0 Å². The van der Waals surface area contributed by atoms with E-state index < -0.39 is 29.3 Å². The quantitative estimate of drug-likeness (QED) is 0.588. The van der Waals surface area contributed by atoms with Gasteiger partial charge in [-0.3, -0.25) is 0 Å². The Bertz CT molecular complexity index is 378. The van der Waals surface area contributed by atoms with Gasteiger partial charge in [0, 0.05) is 10.6 Å². The maximum atomic E-state index is 13.0. The predicted molar refractivity (Wildman–Crippen MR) is 48.8 cm³/mol. The summed E-state index contributed by atoms with van der Waals surface area (Å²) < 4.78 is 49.7. The van der Waals surface area contributed by atoms with Crippen molar-refractivity contribution in [1.82, 2.24) is 0 Å². The van der Waals surface area contributed by atoms with Crippen molar-refractivity contribution in [2.45, 2.75) is 12.2 Å². The lowest BCUT2D eigenvalue weighted by Gasteiger charge is -2.18. The molecule has 0 bridgehead atoms. The van der Waals surface area contributed by atoms with Crippen molar-refractivity contribution >= 4 is 17.3 Å². The van der Waals surface area contributed by atoms with Crippen molar-refractivity contribution in [3.8, 4) is 0 Å². The normalized spacial score (nSPS) is 14.0. The van der Waals surface area contributed by atoms with Gasteiger partial charge in [0.1, 0.15) is 11.9 Å². The Labute approximate surface area is 87.8 Å². The summed E-state index contributed by atoms with van der Waals surface area (Å²) in [4.78, 5) is 0. The molecular formula is C8H7ClF4N2. The van der Waals surface area contributed by atoms with Crippen LogP contribution in [0.5, 0.6) is 0 Å². The molecule has 1 rings (SSSR count). The van der Waals surface area contributed by atoms with E-state index >= 15 is 0 Å². The summed E-state index contributed by atoms with van der Waals surface area (Å²) in [5, 5.41) is -0.184. The molecule has 0 heterocycles. The SMILES string of the molecule is Nc1c(F)cc(Cl)cc1[C@H](N)C(F)(F)F. The van der Waals surface area contributed by atoms with E-state index in [0.29, 0.717) is 0 Å². The van der Waals surface area contributed by atoms with Gasteiger partial charge in [-0.25, -0.2) is 4.39 Å². The summed E-state index contributed by atoms with van der Waals surface area (Å²) in [5.41, 5.74) is 8.82. The number of anilines is 1. The van der Waals surface area contributed by atoms with E-state index in [9.17, 15) is 17.6 Å². The molecule has 0 aliphatic carbocycles. The highest BCUT2D eigenvalue weighted by atomic mass is 35.5. The number of hydrogen-bond acceptors (Lipinski definition) is 2. The first kappa shape index (κ1) is 12.1. The van der Waals surface area contributed by atoms with Crippen LogP contribution in [0.25, 0.3) is 0 Å². The number of nitrogens with two attached hydrogens (primary N) is 2. The van der Waals surface area contributed by atoms with E-state index in [1.165, 1.54) is 0 Å². The number of nitrogen functional groups attached to an aromatic ring is 1. The third kappa shape index (κ3) is 2.51. The van der Waals surface area contributed by atoms with Gasteiger partial charge in [0.05, 0.1) is 5.69 Å². The number of halogens is 5. The second-order valence-electron chi connectivity index (χ2n) is 2.91. The van der Waals surface area contributed by atoms with Gasteiger partial charge in [-0.05, 0) is 12.1 Å². The summed E-state index contributed by atoms with van der Waals surface area (Å²) in [6.07, 6.45) is -4.69. The van der Waals surface area contributed by atoms with E-state index in [-0.39, 0.29) is 5.02 Å². The van der Waals surface area contributed by atoms with Crippen LogP contribution in [0.3, 0.4) is 0 Å². The minimum absolute atomic E-state index is 0.184. The van der Waals surface area contributed by atoms with Crippen LogP contribution in [0, 0.1) is 5.82 Å². The van der Waals surface area contributed by atoms with Crippen LogP contribution in [-0.4, -0.2) is 6.18 Å². The minimum Gasteiger partial charge on any atom is -0.396 e. The Balaban J connectivity index is 3.25. The highest BCUT2D eigenvalue weighted by molar-refractivity contribution is 6.30. The molecule has 0 saturated carbocycles. The zero-order valence-corrected chi connectivity index (χ0v) is 8.03. The molecule has 2 nitrogen and oxygen atoms in total. The van der Waals surface area contributed by atoms with Gasteiger partial charge in [0.2, 0.25) is 0 Å². The zero-order chi connectivity index (χ0) is 11.8. The van der Waals surface area contributed by atoms with Crippen LogP contribution in [0.15, 0.2) is 12.1 Å². The van der Waals surface area contributed by atoms with Crippen LogP contribution < -0.4 is 11.5 Å². The first-order chi connectivity index (χ1) is 6.73. The molecule has 0 aliphatic rings. The second kappa shape index (κ2) is 3.86. The molecule has 84 valence electrons. The third-order valence-corrected chi connectivity index (χ3v) is 2.03. The summed E-state index contributed by atoms with van der Waals surface area (Å²) in [6.45, 7) is 0. The van der Waals surface area contributed by atoms with Crippen molar-refractivity contribution in [1.29, 1.82) is 0 Å². The highest BCUT2D eigenvalue weighted by Crippen LogP contribution is 2.35. The lowest BCUT2D eigenvalue weighted by molar-refractivity contribution is -0.149. The van der Waals surface area contributed by atoms with Gasteiger partial charge in [-0.1, -0.05) is 11.6 Å². The largest absolute Gasteiger partial charge is 0.407 e. The number of hydrogen-bond donors (Lipinski definition) is 2. The molecule has 1 atom stereocenters. The van der Waals surface area contributed by atoms with E-state index in [1.807, 2.05) is 0 Å². The Morgan fingerprint density at radius 2 is 1.80 bits per heavy atom. The molecule has 0 amide bonds. The molecule has 0 radical (unpaired) electrons. The van der Waals surface area contributed by atoms with Crippen molar-refractivity contribution < 1.29 is 17.6 Å². The first-order valence-corrected chi connectivity index (χ1v) is 4.18. The summed E-state index contributed by atoms with van der Waals surface area (Å²) in [5.74, 6) is -1.02. The molecular weight excluding hydrogens is 236 g/mol. The number of alkyl halides is 3. The summed E-state index contributed by atoms with van der Waals surface area (Å²) in [7, 11) is 0. The summed E-state index contributed by atoms with van der Waals surface area (Å²) in [6, 6.07) is -0.618. The van der Waals surface area contributed by atoms with Gasteiger partial charge in [-0.2, -0.15) is 13.2 Å². The molecule has 7 heteroatoms. The molecule has 0 unspecified atom stereocenters. The Hall–Kier alpha value is -1.01. The van der Waals surface area contributed by atoms with E-state index in [4.69, 9.17) is 23.1 Å². The highest BCUT2D eigenvalue weighted by Gasteiger charge is 2.39. The van der Waals surface area contributed by atoms with E-state index in [0.717, 1.165) is 12.1 Å². The smallest absolute Gasteiger partial charge is 0.396 e. The fourth-order valence-electron chi connectivity index (χ4n) is 1.04. The average molecular weight is 243 g/mol. The molecule has 4 N–H and O–H groups in total. The molecule has 0 fully saturated rings.